The molecule has 4 nitrogen and oxygen atoms in total. The smallest absolute Gasteiger partial charge is 0.748 e. The van der Waals surface area contributed by atoms with Crippen LogP contribution in [0.5, 0.6) is 0 Å². The number of aliphatic hydroxyl groups excluding tert-OH is 1. The van der Waals surface area contributed by atoms with Crippen LogP contribution in [-0.4, -0.2) is 29.4 Å². The largest absolute Gasteiger partial charge is 1.00 e. The van der Waals surface area contributed by atoms with E-state index in [2.05, 4.69) is 13.8 Å². The second kappa shape index (κ2) is 20.2. The molecule has 0 radical (unpaired) electrons. The van der Waals surface area contributed by atoms with Crippen molar-refractivity contribution in [1.82, 2.24) is 0 Å². The van der Waals surface area contributed by atoms with Gasteiger partial charge in [0.05, 0.1) is 16.2 Å². The number of aliphatic hydroxyl groups is 1. The van der Waals surface area contributed by atoms with Crippen LogP contribution in [0.1, 0.15) is 123 Å². The normalized spacial score (nSPS) is 13.9. The molecule has 0 aliphatic carbocycles. The van der Waals surface area contributed by atoms with Crippen molar-refractivity contribution in [3.05, 3.63) is 0 Å². The van der Waals surface area contributed by atoms with Gasteiger partial charge in [-0.05, 0) is 25.7 Å². The Morgan fingerprint density at radius 1 is 0.667 bits per heavy atom. The first kappa shape index (κ1) is 30.1. The summed E-state index contributed by atoms with van der Waals surface area (Å²) >= 11 is 0. The van der Waals surface area contributed by atoms with Crippen molar-refractivity contribution >= 4 is 10.1 Å². The van der Waals surface area contributed by atoms with Crippen LogP contribution in [0, 0.1) is 0 Å². The molecule has 0 spiro atoms. The molecule has 0 aromatic heterocycles. The fourth-order valence-corrected chi connectivity index (χ4v) is 4.43. The molecule has 27 heavy (non-hydrogen) atoms. The summed E-state index contributed by atoms with van der Waals surface area (Å²) in [6.07, 6.45) is 16.7. The summed E-state index contributed by atoms with van der Waals surface area (Å²) < 4.78 is 34.2. The third kappa shape index (κ3) is 19.9. The van der Waals surface area contributed by atoms with Gasteiger partial charge in [0.2, 0.25) is 0 Å². The molecule has 0 rings (SSSR count). The maximum atomic E-state index is 11.4. The Morgan fingerprint density at radius 3 is 1.48 bits per heavy atom. The molecule has 0 saturated heterocycles. The van der Waals surface area contributed by atoms with Gasteiger partial charge in [0.1, 0.15) is 0 Å². The Balaban J connectivity index is 0. The SMILES string of the molecule is CCCCCCCC(CCCCCCCCCC(O)CCC)S(=O)(=O)[O-].[Na+]. The van der Waals surface area contributed by atoms with E-state index >= 15 is 0 Å². The van der Waals surface area contributed by atoms with Gasteiger partial charge in [0.15, 0.2) is 0 Å². The standard InChI is InChI=1S/C21H44O4S.Na/c1-3-5-6-10-14-18-21(26(23,24)25)19-15-12-9-7-8-11-13-17-20(22)16-4-2;/h20-22H,3-19H2,1-2H3,(H,23,24,25);/q;+1/p-1. The van der Waals surface area contributed by atoms with E-state index in [4.69, 9.17) is 0 Å². The van der Waals surface area contributed by atoms with Crippen molar-refractivity contribution in [2.24, 2.45) is 0 Å². The summed E-state index contributed by atoms with van der Waals surface area (Å²) in [6.45, 7) is 4.25. The number of rotatable bonds is 19. The monoisotopic (exact) mass is 414 g/mol. The third-order valence-corrected chi connectivity index (χ3v) is 6.51. The minimum atomic E-state index is -4.15. The molecule has 158 valence electrons. The Labute approximate surface area is 191 Å². The minimum absolute atomic E-state index is 0. The molecule has 2 atom stereocenters. The van der Waals surface area contributed by atoms with Gasteiger partial charge >= 0.3 is 29.6 Å². The van der Waals surface area contributed by atoms with Crippen LogP contribution >= 0.6 is 0 Å². The minimum Gasteiger partial charge on any atom is -0.748 e. The average molecular weight is 415 g/mol. The van der Waals surface area contributed by atoms with Gasteiger partial charge in [-0.15, -0.1) is 0 Å². The van der Waals surface area contributed by atoms with Gasteiger partial charge in [-0.25, -0.2) is 8.42 Å². The van der Waals surface area contributed by atoms with Crippen molar-refractivity contribution in [1.29, 1.82) is 0 Å². The van der Waals surface area contributed by atoms with Crippen LogP contribution in [0.2, 0.25) is 0 Å². The zero-order valence-corrected chi connectivity index (χ0v) is 21.1. The van der Waals surface area contributed by atoms with Crippen molar-refractivity contribution in [2.75, 3.05) is 0 Å². The molecule has 0 amide bonds. The van der Waals surface area contributed by atoms with Crippen LogP contribution < -0.4 is 29.6 Å². The predicted molar refractivity (Wildman–Crippen MR) is 109 cm³/mol. The predicted octanol–water partition coefficient (Wildman–Crippen LogP) is 2.94. The Bertz CT molecular complexity index is 401. The van der Waals surface area contributed by atoms with Gasteiger partial charge in [-0.2, -0.15) is 0 Å². The first-order valence-electron chi connectivity index (χ1n) is 11.0. The number of unbranched alkanes of at least 4 members (excludes halogenated alkanes) is 10. The Hall–Kier alpha value is 0.870. The quantitative estimate of drug-likeness (QED) is 0.200. The van der Waals surface area contributed by atoms with Crippen LogP contribution in [0.3, 0.4) is 0 Å². The molecule has 0 aliphatic rings. The second-order valence-electron chi connectivity index (χ2n) is 7.81. The van der Waals surface area contributed by atoms with Crippen LogP contribution in [-0.2, 0) is 10.1 Å². The van der Waals surface area contributed by atoms with Gasteiger partial charge in [-0.3, -0.25) is 0 Å². The van der Waals surface area contributed by atoms with E-state index in [1.54, 1.807) is 0 Å². The molecule has 6 heteroatoms. The third-order valence-electron chi connectivity index (χ3n) is 5.22. The number of hydrogen-bond donors (Lipinski definition) is 1. The summed E-state index contributed by atoms with van der Waals surface area (Å²) in [6, 6.07) is 0. The maximum absolute atomic E-state index is 11.4. The molecule has 0 aromatic rings. The second-order valence-corrected chi connectivity index (χ2v) is 9.46. The molecular formula is C21H43NaO4S. The zero-order chi connectivity index (χ0) is 19.7. The van der Waals surface area contributed by atoms with Gasteiger partial charge < -0.3 is 9.66 Å². The van der Waals surface area contributed by atoms with Crippen molar-refractivity contribution in [3.8, 4) is 0 Å². The van der Waals surface area contributed by atoms with E-state index < -0.39 is 15.4 Å². The molecular weight excluding hydrogens is 371 g/mol. The van der Waals surface area contributed by atoms with E-state index in [0.717, 1.165) is 77.0 Å². The summed E-state index contributed by atoms with van der Waals surface area (Å²) in [7, 11) is -4.15. The van der Waals surface area contributed by atoms with Crippen molar-refractivity contribution in [2.45, 2.75) is 134 Å². The molecule has 2 unspecified atom stereocenters. The van der Waals surface area contributed by atoms with E-state index in [1.165, 1.54) is 19.3 Å². The molecule has 0 bridgehead atoms. The van der Waals surface area contributed by atoms with Crippen LogP contribution in [0.25, 0.3) is 0 Å². The molecule has 0 saturated carbocycles. The molecule has 1 N–H and O–H groups in total. The molecule has 0 heterocycles. The summed E-state index contributed by atoms with van der Waals surface area (Å²) in [4.78, 5) is 0. The van der Waals surface area contributed by atoms with E-state index in [0.29, 0.717) is 12.8 Å². The number of hydrogen-bond acceptors (Lipinski definition) is 4. The van der Waals surface area contributed by atoms with E-state index in [1.807, 2.05) is 0 Å². The average Bonchev–Trinajstić information content (AvgIpc) is 2.57. The van der Waals surface area contributed by atoms with Crippen molar-refractivity contribution in [3.63, 3.8) is 0 Å². The van der Waals surface area contributed by atoms with Crippen LogP contribution in [0.15, 0.2) is 0 Å². The summed E-state index contributed by atoms with van der Waals surface area (Å²) in [5.41, 5.74) is 0. The Morgan fingerprint density at radius 2 is 1.07 bits per heavy atom. The van der Waals surface area contributed by atoms with E-state index in [9.17, 15) is 18.1 Å². The first-order valence-corrected chi connectivity index (χ1v) is 12.5. The zero-order valence-electron chi connectivity index (χ0n) is 18.3. The van der Waals surface area contributed by atoms with Crippen LogP contribution in [0.4, 0.5) is 0 Å². The van der Waals surface area contributed by atoms with E-state index in [-0.39, 0.29) is 35.7 Å². The van der Waals surface area contributed by atoms with Crippen molar-refractivity contribution < 1.29 is 47.6 Å². The topological polar surface area (TPSA) is 77.4 Å². The molecule has 0 aromatic carbocycles. The Kier molecular flexibility index (Phi) is 22.4. The van der Waals surface area contributed by atoms with Gasteiger partial charge in [0.25, 0.3) is 0 Å². The maximum Gasteiger partial charge on any atom is 1.00 e. The fourth-order valence-electron chi connectivity index (χ4n) is 3.52. The first-order chi connectivity index (χ1) is 12.4. The summed E-state index contributed by atoms with van der Waals surface area (Å²) in [5.74, 6) is 0. The van der Waals surface area contributed by atoms with Gasteiger partial charge in [-0.1, -0.05) is 97.3 Å². The molecule has 0 fully saturated rings. The fraction of sp³-hybridized carbons (Fsp3) is 1.00. The van der Waals surface area contributed by atoms with Gasteiger partial charge in [0, 0.05) is 5.25 Å². The molecule has 0 aliphatic heterocycles. The summed E-state index contributed by atoms with van der Waals surface area (Å²) in [5, 5.41) is 8.99.